The summed E-state index contributed by atoms with van der Waals surface area (Å²) in [5, 5.41) is 6.02. The molecule has 7 nitrogen and oxygen atoms in total. The van der Waals surface area contributed by atoms with E-state index in [0.29, 0.717) is 18.5 Å². The van der Waals surface area contributed by atoms with E-state index in [-0.39, 0.29) is 25.7 Å². The fourth-order valence-electron chi connectivity index (χ4n) is 3.79. The standard InChI is InChI=1S/C24H21BrN2O5/c25-18-3-1-2-4-19(18)27-24(28)26-17(9-15-5-7-20-22(11-15)31-13-29-20)10-16-6-8-21-23(12-16)32-14-30-21/h1-8,11-12,17H,9-10,13-14H2,(H2,26,27,28). The minimum absolute atomic E-state index is 0.168. The molecule has 0 saturated heterocycles. The van der Waals surface area contributed by atoms with Gasteiger partial charge in [-0.1, -0.05) is 24.3 Å². The van der Waals surface area contributed by atoms with Crippen LogP contribution in [0.3, 0.4) is 0 Å². The molecule has 0 saturated carbocycles. The van der Waals surface area contributed by atoms with Gasteiger partial charge in [0.05, 0.1) is 5.69 Å². The summed E-state index contributed by atoms with van der Waals surface area (Å²) < 4.78 is 22.6. The van der Waals surface area contributed by atoms with Crippen molar-refractivity contribution in [3.8, 4) is 23.0 Å². The smallest absolute Gasteiger partial charge is 0.319 e. The van der Waals surface area contributed by atoms with E-state index in [1.165, 1.54) is 0 Å². The maximum Gasteiger partial charge on any atom is 0.319 e. The summed E-state index contributed by atoms with van der Waals surface area (Å²) in [6.45, 7) is 0.456. The SMILES string of the molecule is O=C(Nc1ccccc1Br)NC(Cc1ccc2c(c1)OCO2)Cc1ccc2c(c1)OCO2. The number of rotatable bonds is 6. The normalized spacial score (nSPS) is 13.3. The molecule has 0 bridgehead atoms. The zero-order chi connectivity index (χ0) is 21.9. The van der Waals surface area contributed by atoms with Gasteiger partial charge in [-0.3, -0.25) is 0 Å². The monoisotopic (exact) mass is 496 g/mol. The maximum absolute atomic E-state index is 12.8. The number of ether oxygens (including phenoxy) is 4. The molecule has 3 aromatic carbocycles. The zero-order valence-corrected chi connectivity index (χ0v) is 18.7. The third kappa shape index (κ3) is 4.60. The van der Waals surface area contributed by atoms with Crippen molar-refractivity contribution < 1.29 is 23.7 Å². The topological polar surface area (TPSA) is 78.1 Å². The third-order valence-corrected chi connectivity index (χ3v) is 5.99. The van der Waals surface area contributed by atoms with Crippen molar-refractivity contribution in [3.63, 3.8) is 0 Å². The number of urea groups is 1. The Balaban J connectivity index is 1.34. The number of benzene rings is 3. The van der Waals surface area contributed by atoms with Gasteiger partial charge in [-0.05, 0) is 76.3 Å². The lowest BCUT2D eigenvalue weighted by molar-refractivity contribution is 0.173. The number of carbonyl (C=O) groups is 1. The van der Waals surface area contributed by atoms with E-state index in [1.807, 2.05) is 60.7 Å². The molecule has 0 aliphatic carbocycles. The second kappa shape index (κ2) is 9.00. The zero-order valence-electron chi connectivity index (χ0n) is 17.1. The Bertz CT molecular complexity index is 1090. The van der Waals surface area contributed by atoms with Crippen molar-refractivity contribution in [1.82, 2.24) is 5.32 Å². The average molecular weight is 497 g/mol. The molecule has 0 fully saturated rings. The molecule has 3 aromatic rings. The molecule has 32 heavy (non-hydrogen) atoms. The molecule has 164 valence electrons. The summed E-state index contributed by atoms with van der Waals surface area (Å²) in [7, 11) is 0. The quantitative estimate of drug-likeness (QED) is 0.508. The van der Waals surface area contributed by atoms with Crippen LogP contribution in [0.5, 0.6) is 23.0 Å². The predicted octanol–water partition coefficient (Wildman–Crippen LogP) is 4.88. The molecule has 0 aromatic heterocycles. The summed E-state index contributed by atoms with van der Waals surface area (Å²) in [5.41, 5.74) is 2.79. The van der Waals surface area contributed by atoms with E-state index < -0.39 is 0 Å². The van der Waals surface area contributed by atoms with Crippen LogP contribution in [-0.2, 0) is 12.8 Å². The molecule has 0 unspecified atom stereocenters. The van der Waals surface area contributed by atoms with Gasteiger partial charge in [0, 0.05) is 10.5 Å². The number of halogens is 1. The number of amides is 2. The van der Waals surface area contributed by atoms with Crippen molar-refractivity contribution >= 4 is 27.6 Å². The van der Waals surface area contributed by atoms with Gasteiger partial charge in [-0.2, -0.15) is 0 Å². The Labute approximate surface area is 193 Å². The fraction of sp³-hybridized carbons (Fsp3) is 0.208. The van der Waals surface area contributed by atoms with Crippen molar-refractivity contribution in [3.05, 3.63) is 76.3 Å². The van der Waals surface area contributed by atoms with Gasteiger partial charge >= 0.3 is 6.03 Å². The van der Waals surface area contributed by atoms with Crippen molar-refractivity contribution in [2.45, 2.75) is 18.9 Å². The first kappa shape index (κ1) is 20.5. The van der Waals surface area contributed by atoms with Gasteiger partial charge in [0.15, 0.2) is 23.0 Å². The second-order valence-electron chi connectivity index (χ2n) is 7.56. The molecule has 0 atom stereocenters. The highest BCUT2D eigenvalue weighted by Crippen LogP contribution is 2.34. The van der Waals surface area contributed by atoms with Gasteiger partial charge in [0.1, 0.15) is 0 Å². The van der Waals surface area contributed by atoms with Crippen molar-refractivity contribution in [2.75, 3.05) is 18.9 Å². The van der Waals surface area contributed by atoms with Crippen molar-refractivity contribution in [2.24, 2.45) is 0 Å². The number of fused-ring (bicyclic) bond motifs is 2. The van der Waals surface area contributed by atoms with Gasteiger partial charge in [0.2, 0.25) is 13.6 Å². The number of anilines is 1. The van der Waals surface area contributed by atoms with Crippen LogP contribution in [0.1, 0.15) is 11.1 Å². The summed E-state index contributed by atoms with van der Waals surface area (Å²) >= 11 is 3.46. The molecule has 0 radical (unpaired) electrons. The molecule has 2 aliphatic heterocycles. The molecule has 0 spiro atoms. The third-order valence-electron chi connectivity index (χ3n) is 5.30. The number of carbonyl (C=O) groups excluding carboxylic acids is 1. The van der Waals surface area contributed by atoms with Gasteiger partial charge in [-0.15, -0.1) is 0 Å². The summed E-state index contributed by atoms with van der Waals surface area (Å²) in [5.74, 6) is 2.92. The molecular formula is C24H21BrN2O5. The second-order valence-corrected chi connectivity index (χ2v) is 8.41. The van der Waals surface area contributed by atoms with E-state index >= 15 is 0 Å². The average Bonchev–Trinajstić information content (AvgIpc) is 3.43. The minimum Gasteiger partial charge on any atom is -0.454 e. The lowest BCUT2D eigenvalue weighted by Gasteiger charge is -2.20. The molecule has 5 rings (SSSR count). The van der Waals surface area contributed by atoms with Gasteiger partial charge in [0.25, 0.3) is 0 Å². The molecular weight excluding hydrogens is 476 g/mol. The van der Waals surface area contributed by atoms with Crippen LogP contribution in [0.2, 0.25) is 0 Å². The minimum atomic E-state index is -0.275. The lowest BCUT2D eigenvalue weighted by atomic mass is 9.98. The van der Waals surface area contributed by atoms with Crippen LogP contribution in [-0.4, -0.2) is 25.7 Å². The first-order valence-corrected chi connectivity index (χ1v) is 11.0. The van der Waals surface area contributed by atoms with Crippen LogP contribution in [0, 0.1) is 0 Å². The number of nitrogens with one attached hydrogen (secondary N) is 2. The van der Waals surface area contributed by atoms with Gasteiger partial charge < -0.3 is 29.6 Å². The van der Waals surface area contributed by atoms with Crippen molar-refractivity contribution in [1.29, 1.82) is 0 Å². The Kier molecular flexibility index (Phi) is 5.77. The molecule has 2 heterocycles. The van der Waals surface area contributed by atoms with Crippen LogP contribution in [0.4, 0.5) is 10.5 Å². The van der Waals surface area contributed by atoms with E-state index in [1.54, 1.807) is 0 Å². The highest BCUT2D eigenvalue weighted by molar-refractivity contribution is 9.10. The number of hydrogen-bond donors (Lipinski definition) is 2. The van der Waals surface area contributed by atoms with E-state index in [0.717, 1.165) is 38.6 Å². The predicted molar refractivity (Wildman–Crippen MR) is 123 cm³/mol. The fourth-order valence-corrected chi connectivity index (χ4v) is 4.17. The molecule has 8 heteroatoms. The van der Waals surface area contributed by atoms with Gasteiger partial charge in [-0.25, -0.2) is 4.79 Å². The molecule has 2 amide bonds. The van der Waals surface area contributed by atoms with Crippen LogP contribution in [0.15, 0.2) is 65.1 Å². The van der Waals surface area contributed by atoms with Crippen LogP contribution >= 0.6 is 15.9 Å². The summed E-state index contributed by atoms with van der Waals surface area (Å²) in [6.07, 6.45) is 1.24. The van der Waals surface area contributed by atoms with E-state index in [2.05, 4.69) is 26.6 Å². The van der Waals surface area contributed by atoms with E-state index in [4.69, 9.17) is 18.9 Å². The summed E-state index contributed by atoms with van der Waals surface area (Å²) in [6, 6.07) is 18.8. The highest BCUT2D eigenvalue weighted by Gasteiger charge is 2.20. The first-order valence-electron chi connectivity index (χ1n) is 10.2. The van der Waals surface area contributed by atoms with Crippen LogP contribution < -0.4 is 29.6 Å². The van der Waals surface area contributed by atoms with Crippen LogP contribution in [0.25, 0.3) is 0 Å². The largest absolute Gasteiger partial charge is 0.454 e. The number of hydrogen-bond acceptors (Lipinski definition) is 5. The number of para-hydroxylation sites is 1. The summed E-state index contributed by atoms with van der Waals surface area (Å²) in [4.78, 5) is 12.8. The molecule has 2 N–H and O–H groups in total. The molecule has 2 aliphatic rings. The Morgan fingerprint density at radius 1 is 0.812 bits per heavy atom. The lowest BCUT2D eigenvalue weighted by Crippen LogP contribution is -2.40. The first-order chi connectivity index (χ1) is 15.6. The van der Waals surface area contributed by atoms with E-state index in [9.17, 15) is 4.79 Å². The maximum atomic E-state index is 12.8. The Morgan fingerprint density at radius 2 is 1.38 bits per heavy atom. The highest BCUT2D eigenvalue weighted by atomic mass is 79.9. The Hall–Kier alpha value is -3.39. The Morgan fingerprint density at radius 3 is 1.97 bits per heavy atom.